The molecule has 2 aromatic carbocycles. The summed E-state index contributed by atoms with van der Waals surface area (Å²) in [7, 11) is -6.63. The SMILES string of the molecule is Cc1nocc1C(=O)NC(C(=O)N[C@H]1Cc2cccc(C(=O)O)c2OB1O)c1ccc(P(=O)(O)O)c(F)c1. The number of amides is 2. The molecule has 1 unspecified atom stereocenters. The van der Waals surface area contributed by atoms with Crippen LogP contribution in [0.5, 0.6) is 5.75 Å². The topological polar surface area (TPSA) is 209 Å². The largest absolute Gasteiger partial charge is 0.547 e. The summed E-state index contributed by atoms with van der Waals surface area (Å²) in [5.74, 6) is -5.48. The zero-order chi connectivity index (χ0) is 27.8. The summed E-state index contributed by atoms with van der Waals surface area (Å²) in [5.41, 5.74) is 0.219. The third-order valence-corrected chi connectivity index (χ3v) is 6.82. The number of benzene rings is 2. The van der Waals surface area contributed by atoms with Crippen LogP contribution in [0.4, 0.5) is 4.39 Å². The van der Waals surface area contributed by atoms with Crippen molar-refractivity contribution in [3.63, 3.8) is 0 Å². The van der Waals surface area contributed by atoms with E-state index in [-0.39, 0.29) is 34.6 Å². The third-order valence-electron chi connectivity index (χ3n) is 5.83. The number of fused-ring (bicyclic) bond motifs is 1. The van der Waals surface area contributed by atoms with Crippen molar-refractivity contribution in [2.24, 2.45) is 0 Å². The number of rotatable bonds is 7. The molecule has 0 spiro atoms. The Balaban J connectivity index is 1.64. The Morgan fingerprint density at radius 3 is 2.55 bits per heavy atom. The van der Waals surface area contributed by atoms with E-state index >= 15 is 0 Å². The Kier molecular flexibility index (Phi) is 7.38. The van der Waals surface area contributed by atoms with Crippen LogP contribution in [0.3, 0.4) is 0 Å². The van der Waals surface area contributed by atoms with Gasteiger partial charge in [-0.15, -0.1) is 0 Å². The number of carboxylic acids is 1. The van der Waals surface area contributed by atoms with Crippen molar-refractivity contribution < 1.29 is 52.4 Å². The number of aromatic carboxylic acids is 1. The molecule has 0 saturated carbocycles. The van der Waals surface area contributed by atoms with E-state index in [1.165, 1.54) is 19.1 Å². The number of carbonyl (C=O) groups excluding carboxylic acids is 2. The van der Waals surface area contributed by atoms with Crippen molar-refractivity contribution in [1.82, 2.24) is 15.8 Å². The van der Waals surface area contributed by atoms with E-state index in [1.54, 1.807) is 6.07 Å². The van der Waals surface area contributed by atoms with Crippen molar-refractivity contribution >= 4 is 37.8 Å². The molecule has 2 atom stereocenters. The molecule has 3 aromatic rings. The fraction of sp³-hybridized carbons (Fsp3) is 0.182. The lowest BCUT2D eigenvalue weighted by Crippen LogP contribution is -2.55. The minimum atomic E-state index is -4.96. The number of carbonyl (C=O) groups is 3. The molecule has 0 bridgehead atoms. The fourth-order valence-corrected chi connectivity index (χ4v) is 4.55. The molecule has 0 aliphatic carbocycles. The number of nitrogens with zero attached hydrogens (tertiary/aromatic N) is 1. The van der Waals surface area contributed by atoms with E-state index in [0.717, 1.165) is 18.4 Å². The van der Waals surface area contributed by atoms with Gasteiger partial charge in [0, 0.05) is 0 Å². The molecule has 4 rings (SSSR count). The Morgan fingerprint density at radius 1 is 1.21 bits per heavy atom. The summed E-state index contributed by atoms with van der Waals surface area (Å²) in [5, 5.41) is 27.4. The highest BCUT2D eigenvalue weighted by molar-refractivity contribution is 7.60. The van der Waals surface area contributed by atoms with Crippen molar-refractivity contribution in [2.45, 2.75) is 25.3 Å². The lowest BCUT2D eigenvalue weighted by molar-refractivity contribution is -0.123. The van der Waals surface area contributed by atoms with E-state index in [9.17, 15) is 43.3 Å². The van der Waals surface area contributed by atoms with Gasteiger partial charge in [0.15, 0.2) is 0 Å². The van der Waals surface area contributed by atoms with Gasteiger partial charge in [-0.1, -0.05) is 23.4 Å². The molecule has 1 aromatic heterocycles. The normalized spacial score (nSPS) is 15.7. The fourth-order valence-electron chi connectivity index (χ4n) is 3.94. The Labute approximate surface area is 213 Å². The Morgan fingerprint density at radius 2 is 1.95 bits per heavy atom. The molecular weight excluding hydrogens is 527 g/mol. The summed E-state index contributed by atoms with van der Waals surface area (Å²) in [6.45, 7) is 1.47. The lowest BCUT2D eigenvalue weighted by Gasteiger charge is -2.30. The molecule has 1 aliphatic rings. The van der Waals surface area contributed by atoms with Crippen LogP contribution in [0.2, 0.25) is 0 Å². The van der Waals surface area contributed by atoms with Crippen molar-refractivity contribution in [3.05, 3.63) is 76.4 Å². The van der Waals surface area contributed by atoms with Crippen LogP contribution < -0.4 is 20.6 Å². The second-order valence-corrected chi connectivity index (χ2v) is 9.97. The van der Waals surface area contributed by atoms with Gasteiger partial charge in [0.1, 0.15) is 29.4 Å². The molecule has 2 heterocycles. The maximum Gasteiger partial charge on any atom is 0.547 e. The quantitative estimate of drug-likeness (QED) is 0.174. The first-order valence-electron chi connectivity index (χ1n) is 10.9. The first-order valence-corrected chi connectivity index (χ1v) is 12.6. The number of carboxylic acid groups (broad SMARTS) is 1. The summed E-state index contributed by atoms with van der Waals surface area (Å²) >= 11 is 0. The van der Waals surface area contributed by atoms with Gasteiger partial charge < -0.3 is 39.7 Å². The number of hydrogen-bond donors (Lipinski definition) is 6. The molecule has 1 aliphatic heterocycles. The molecule has 198 valence electrons. The van der Waals surface area contributed by atoms with Gasteiger partial charge in [0.25, 0.3) is 5.91 Å². The highest BCUT2D eigenvalue weighted by atomic mass is 31.2. The number of aryl methyl sites for hydroxylation is 1. The van der Waals surface area contributed by atoms with Crippen LogP contribution in [0.25, 0.3) is 0 Å². The average molecular weight is 547 g/mol. The highest BCUT2D eigenvalue weighted by Crippen LogP contribution is 2.35. The van der Waals surface area contributed by atoms with Crippen molar-refractivity contribution in [3.8, 4) is 5.75 Å². The standard InChI is InChI=1S/C22H20BFN3O10P/c1-10-14(9-36-27-10)20(28)26-18(11-5-6-16(15(24)7-11)38(33,34)35)21(29)25-17-8-12-3-2-4-13(22(30)31)19(12)37-23(17)32/h2-7,9,17-18,32H,8H2,1H3,(H,25,29)(H,26,28)(H,30,31)(H2,33,34,35)/t17-,18?/m0/s1. The predicted molar refractivity (Wildman–Crippen MR) is 127 cm³/mol. The van der Waals surface area contributed by atoms with Crippen LogP contribution in [0, 0.1) is 12.7 Å². The van der Waals surface area contributed by atoms with Gasteiger partial charge in [-0.2, -0.15) is 0 Å². The van der Waals surface area contributed by atoms with E-state index in [1.807, 2.05) is 0 Å². The van der Waals surface area contributed by atoms with Crippen molar-refractivity contribution in [2.75, 3.05) is 0 Å². The number of para-hydroxylation sites is 1. The van der Waals surface area contributed by atoms with Gasteiger partial charge in [0.2, 0.25) is 5.91 Å². The van der Waals surface area contributed by atoms with Crippen LogP contribution >= 0.6 is 7.60 Å². The molecule has 38 heavy (non-hydrogen) atoms. The summed E-state index contributed by atoms with van der Waals surface area (Å²) < 4.78 is 36.2. The molecule has 13 nitrogen and oxygen atoms in total. The Hall–Kier alpha value is -4.04. The van der Waals surface area contributed by atoms with Crippen LogP contribution in [0.15, 0.2) is 47.2 Å². The zero-order valence-electron chi connectivity index (χ0n) is 19.5. The molecule has 0 fully saturated rings. The second kappa shape index (κ2) is 10.4. The van der Waals surface area contributed by atoms with Crippen molar-refractivity contribution in [1.29, 1.82) is 0 Å². The van der Waals surface area contributed by atoms with E-state index in [4.69, 9.17) is 9.18 Å². The Bertz CT molecular complexity index is 1480. The van der Waals surface area contributed by atoms with E-state index < -0.39 is 55.6 Å². The van der Waals surface area contributed by atoms with Gasteiger partial charge >= 0.3 is 20.7 Å². The average Bonchev–Trinajstić information content (AvgIpc) is 3.27. The smallest absolute Gasteiger partial charge is 0.534 e. The second-order valence-electron chi connectivity index (χ2n) is 8.40. The van der Waals surface area contributed by atoms with Crippen LogP contribution in [-0.4, -0.2) is 55.9 Å². The third kappa shape index (κ3) is 5.45. The highest BCUT2D eigenvalue weighted by Gasteiger charge is 2.39. The minimum Gasteiger partial charge on any atom is -0.534 e. The van der Waals surface area contributed by atoms with Crippen LogP contribution in [-0.2, 0) is 15.8 Å². The number of aromatic nitrogens is 1. The predicted octanol–water partition coefficient (Wildman–Crippen LogP) is 0.234. The summed E-state index contributed by atoms with van der Waals surface area (Å²) in [4.78, 5) is 56.2. The van der Waals surface area contributed by atoms with E-state index in [2.05, 4.69) is 15.8 Å². The first kappa shape index (κ1) is 27.0. The summed E-state index contributed by atoms with van der Waals surface area (Å²) in [6.07, 6.45) is 0.993. The molecular formula is C22H20BFN3O10P. The number of hydrogen-bond acceptors (Lipinski definition) is 8. The maximum absolute atomic E-state index is 14.6. The molecule has 2 amide bonds. The number of halogens is 1. The van der Waals surface area contributed by atoms with Gasteiger partial charge in [0.05, 0.1) is 22.5 Å². The van der Waals surface area contributed by atoms with Gasteiger partial charge in [-0.3, -0.25) is 14.2 Å². The monoisotopic (exact) mass is 547 g/mol. The molecule has 0 radical (unpaired) electrons. The molecule has 0 saturated heterocycles. The maximum atomic E-state index is 14.6. The summed E-state index contributed by atoms with van der Waals surface area (Å²) in [6, 6.07) is 5.27. The first-order chi connectivity index (χ1) is 17.9. The van der Waals surface area contributed by atoms with Gasteiger partial charge in [-0.25, -0.2) is 9.18 Å². The van der Waals surface area contributed by atoms with E-state index in [0.29, 0.717) is 11.6 Å². The van der Waals surface area contributed by atoms with Gasteiger partial charge in [-0.05, 0) is 42.7 Å². The minimum absolute atomic E-state index is 0.0220. The zero-order valence-corrected chi connectivity index (χ0v) is 20.4. The lowest BCUT2D eigenvalue weighted by atomic mass is 9.72. The molecule has 6 N–H and O–H groups in total. The number of nitrogens with one attached hydrogen (secondary N) is 2. The van der Waals surface area contributed by atoms with Crippen LogP contribution in [0.1, 0.15) is 43.6 Å². The molecule has 16 heteroatoms.